The molecule has 142 valence electrons. The lowest BCUT2D eigenvalue weighted by Crippen LogP contribution is -2.30. The predicted octanol–water partition coefficient (Wildman–Crippen LogP) is 3.97. The van der Waals surface area contributed by atoms with Crippen LogP contribution in [0.1, 0.15) is 42.6 Å². The number of anilines is 3. The van der Waals surface area contributed by atoms with E-state index in [1.54, 1.807) is 0 Å². The van der Waals surface area contributed by atoms with Gasteiger partial charge in [0.05, 0.1) is 22.6 Å². The fourth-order valence-corrected chi connectivity index (χ4v) is 3.93. The molecule has 7 heteroatoms. The van der Waals surface area contributed by atoms with Gasteiger partial charge in [-0.15, -0.1) is 0 Å². The van der Waals surface area contributed by atoms with E-state index in [9.17, 15) is 4.79 Å². The maximum absolute atomic E-state index is 12.9. The van der Waals surface area contributed by atoms with Crippen LogP contribution in [0.2, 0.25) is 5.02 Å². The van der Waals surface area contributed by atoms with Crippen molar-refractivity contribution in [3.63, 3.8) is 0 Å². The Bertz CT molecular complexity index is 816. The molecule has 0 unspecified atom stereocenters. The number of aromatic nitrogens is 2. The van der Waals surface area contributed by atoms with Gasteiger partial charge in [0.1, 0.15) is 0 Å². The molecule has 2 aromatic rings. The smallest absolute Gasteiger partial charge is 0.276 e. The number of hydrogen-bond donors (Lipinski definition) is 1. The Balaban J connectivity index is 1.57. The Hall–Kier alpha value is -2.34. The largest absolute Gasteiger partial charge is 0.370 e. The summed E-state index contributed by atoms with van der Waals surface area (Å²) in [6.45, 7) is 3.86. The van der Waals surface area contributed by atoms with E-state index < -0.39 is 0 Å². The van der Waals surface area contributed by atoms with E-state index in [2.05, 4.69) is 31.2 Å². The first-order chi connectivity index (χ1) is 13.2. The van der Waals surface area contributed by atoms with E-state index in [0.29, 0.717) is 5.95 Å². The minimum absolute atomic E-state index is 0.224. The van der Waals surface area contributed by atoms with Gasteiger partial charge in [0, 0.05) is 26.2 Å². The molecule has 0 spiro atoms. The average molecular weight is 386 g/mol. The van der Waals surface area contributed by atoms with E-state index in [-0.39, 0.29) is 16.6 Å². The summed E-state index contributed by atoms with van der Waals surface area (Å²) in [6, 6.07) is 7.92. The number of rotatable bonds is 4. The van der Waals surface area contributed by atoms with Crippen molar-refractivity contribution in [1.82, 2.24) is 9.97 Å². The number of amides is 1. The summed E-state index contributed by atoms with van der Waals surface area (Å²) in [5.41, 5.74) is 2.07. The van der Waals surface area contributed by atoms with E-state index in [4.69, 9.17) is 11.6 Å². The predicted molar refractivity (Wildman–Crippen MR) is 109 cm³/mol. The number of benzene rings is 1. The summed E-state index contributed by atoms with van der Waals surface area (Å²) >= 11 is 6.24. The Morgan fingerprint density at radius 1 is 0.963 bits per heavy atom. The highest BCUT2D eigenvalue weighted by molar-refractivity contribution is 6.34. The highest BCUT2D eigenvalue weighted by Gasteiger charge is 2.21. The zero-order valence-electron chi connectivity index (χ0n) is 15.3. The van der Waals surface area contributed by atoms with Crippen LogP contribution < -0.4 is 15.1 Å². The molecular formula is C20H24ClN5O. The van der Waals surface area contributed by atoms with Crippen LogP contribution >= 0.6 is 11.6 Å². The molecule has 6 nitrogen and oxygen atoms in total. The summed E-state index contributed by atoms with van der Waals surface area (Å²) in [5.74, 6) is 0.277. The van der Waals surface area contributed by atoms with Crippen molar-refractivity contribution in [2.45, 2.75) is 32.1 Å². The molecular weight excluding hydrogens is 362 g/mol. The minimum Gasteiger partial charge on any atom is -0.370 e. The van der Waals surface area contributed by atoms with Crippen LogP contribution in [0.15, 0.2) is 30.5 Å². The van der Waals surface area contributed by atoms with Crippen molar-refractivity contribution in [2.24, 2.45) is 0 Å². The molecule has 0 aliphatic carbocycles. The van der Waals surface area contributed by atoms with Crippen LogP contribution in [0.4, 0.5) is 17.3 Å². The van der Waals surface area contributed by atoms with Gasteiger partial charge in [-0.2, -0.15) is 0 Å². The van der Waals surface area contributed by atoms with Crippen LogP contribution in [-0.4, -0.2) is 42.1 Å². The number of nitrogens with one attached hydrogen (secondary N) is 1. The number of nitrogens with zero attached hydrogens (tertiary/aromatic N) is 4. The molecule has 1 aromatic heterocycles. The van der Waals surface area contributed by atoms with E-state index in [1.165, 1.54) is 25.5 Å². The summed E-state index contributed by atoms with van der Waals surface area (Å²) in [7, 11) is 0. The number of carbonyl (C=O) groups is 1. The van der Waals surface area contributed by atoms with E-state index in [0.717, 1.165) is 50.4 Å². The van der Waals surface area contributed by atoms with Gasteiger partial charge in [0.2, 0.25) is 5.95 Å². The molecule has 4 rings (SSSR count). The van der Waals surface area contributed by atoms with Crippen LogP contribution in [0.25, 0.3) is 0 Å². The normalized spacial score (nSPS) is 17.2. The topological polar surface area (TPSA) is 61.4 Å². The Labute approximate surface area is 164 Å². The minimum atomic E-state index is -0.299. The molecule has 3 heterocycles. The van der Waals surface area contributed by atoms with E-state index >= 15 is 0 Å². The number of para-hydroxylation sites is 2. The highest BCUT2D eigenvalue weighted by atomic mass is 35.5. The van der Waals surface area contributed by atoms with Crippen LogP contribution in [0, 0.1) is 0 Å². The maximum Gasteiger partial charge on any atom is 0.276 e. The summed E-state index contributed by atoms with van der Waals surface area (Å²) < 4.78 is 0. The van der Waals surface area contributed by atoms with Crippen molar-refractivity contribution >= 4 is 34.8 Å². The molecule has 1 amide bonds. The molecule has 2 saturated heterocycles. The quantitative estimate of drug-likeness (QED) is 0.862. The average Bonchev–Trinajstić information content (AvgIpc) is 3.24. The molecule has 0 bridgehead atoms. The van der Waals surface area contributed by atoms with Crippen LogP contribution in [0.3, 0.4) is 0 Å². The Morgan fingerprint density at radius 3 is 2.41 bits per heavy atom. The molecule has 0 atom stereocenters. The van der Waals surface area contributed by atoms with Gasteiger partial charge in [-0.3, -0.25) is 4.79 Å². The van der Waals surface area contributed by atoms with Gasteiger partial charge in [0.25, 0.3) is 5.91 Å². The monoisotopic (exact) mass is 385 g/mol. The van der Waals surface area contributed by atoms with Gasteiger partial charge >= 0.3 is 0 Å². The van der Waals surface area contributed by atoms with Crippen molar-refractivity contribution in [1.29, 1.82) is 0 Å². The fraction of sp³-hybridized carbons (Fsp3) is 0.450. The van der Waals surface area contributed by atoms with Crippen LogP contribution in [-0.2, 0) is 0 Å². The second kappa shape index (κ2) is 8.13. The standard InChI is InChI=1S/C20H24ClN5O/c21-15-14-22-20(26-12-6-7-13-26)24-18(15)19(27)23-16-8-2-3-9-17(16)25-10-4-1-5-11-25/h2-3,8-9,14H,1,4-7,10-13H2,(H,23,27). The lowest BCUT2D eigenvalue weighted by atomic mass is 10.1. The molecule has 2 fully saturated rings. The summed E-state index contributed by atoms with van der Waals surface area (Å²) in [4.78, 5) is 26.1. The highest BCUT2D eigenvalue weighted by Crippen LogP contribution is 2.29. The third-order valence-corrected chi connectivity index (χ3v) is 5.46. The first-order valence-electron chi connectivity index (χ1n) is 9.65. The summed E-state index contributed by atoms with van der Waals surface area (Å²) in [5, 5.41) is 3.28. The first-order valence-corrected chi connectivity index (χ1v) is 10.0. The Morgan fingerprint density at radius 2 is 1.63 bits per heavy atom. The number of carbonyl (C=O) groups excluding carboxylic acids is 1. The van der Waals surface area contributed by atoms with Gasteiger partial charge in [-0.05, 0) is 44.2 Å². The number of piperidine rings is 1. The molecule has 2 aliphatic heterocycles. The molecule has 2 aliphatic rings. The zero-order valence-corrected chi connectivity index (χ0v) is 16.1. The molecule has 1 N–H and O–H groups in total. The maximum atomic E-state index is 12.9. The van der Waals surface area contributed by atoms with E-state index in [1.807, 2.05) is 18.2 Å². The lowest BCUT2D eigenvalue weighted by molar-refractivity contribution is 0.102. The molecule has 0 saturated carbocycles. The van der Waals surface area contributed by atoms with Gasteiger partial charge in [-0.1, -0.05) is 23.7 Å². The molecule has 0 radical (unpaired) electrons. The third-order valence-electron chi connectivity index (χ3n) is 5.18. The first kappa shape index (κ1) is 18.0. The van der Waals surface area contributed by atoms with Crippen molar-refractivity contribution in [3.8, 4) is 0 Å². The fourth-order valence-electron chi connectivity index (χ4n) is 3.76. The van der Waals surface area contributed by atoms with Crippen molar-refractivity contribution in [3.05, 3.63) is 41.2 Å². The zero-order chi connectivity index (χ0) is 18.6. The lowest BCUT2D eigenvalue weighted by Gasteiger charge is -2.30. The van der Waals surface area contributed by atoms with Crippen LogP contribution in [0.5, 0.6) is 0 Å². The van der Waals surface area contributed by atoms with Gasteiger partial charge < -0.3 is 15.1 Å². The third kappa shape index (κ3) is 4.00. The van der Waals surface area contributed by atoms with Gasteiger partial charge in [-0.25, -0.2) is 9.97 Å². The number of halogens is 1. The molecule has 27 heavy (non-hydrogen) atoms. The van der Waals surface area contributed by atoms with Crippen molar-refractivity contribution < 1.29 is 4.79 Å². The Kier molecular flexibility index (Phi) is 5.43. The number of hydrogen-bond acceptors (Lipinski definition) is 5. The second-order valence-corrected chi connectivity index (χ2v) is 7.49. The summed E-state index contributed by atoms with van der Waals surface area (Å²) in [6.07, 6.45) is 7.39. The second-order valence-electron chi connectivity index (χ2n) is 7.08. The van der Waals surface area contributed by atoms with Crippen molar-refractivity contribution in [2.75, 3.05) is 41.3 Å². The molecule has 1 aromatic carbocycles. The SMILES string of the molecule is O=C(Nc1ccccc1N1CCCCC1)c1nc(N2CCCC2)ncc1Cl. The van der Waals surface area contributed by atoms with Gasteiger partial charge in [0.15, 0.2) is 5.69 Å².